The van der Waals surface area contributed by atoms with E-state index >= 15 is 0 Å². The first-order valence-electron chi connectivity index (χ1n) is 8.26. The van der Waals surface area contributed by atoms with Gasteiger partial charge in [0.05, 0.1) is 5.75 Å². The highest BCUT2D eigenvalue weighted by Crippen LogP contribution is 2.35. The van der Waals surface area contributed by atoms with Crippen LogP contribution in [0.1, 0.15) is 16.7 Å². The Kier molecular flexibility index (Phi) is 5.95. The summed E-state index contributed by atoms with van der Waals surface area (Å²) in [5.41, 5.74) is 8.76. The molecular weight excluding hydrogens is 390 g/mol. The van der Waals surface area contributed by atoms with Gasteiger partial charge in [-0.1, -0.05) is 36.0 Å². The number of carbonyl (C=O) groups excluding carboxylic acids is 1. The fraction of sp³-hybridized carbons (Fsp3) is 0.100. The number of amides is 1. The van der Waals surface area contributed by atoms with Crippen molar-refractivity contribution in [3.8, 4) is 22.6 Å². The predicted molar refractivity (Wildman–Crippen MR) is 111 cm³/mol. The van der Waals surface area contributed by atoms with Crippen LogP contribution in [0.15, 0.2) is 46.8 Å². The molecule has 1 aromatic carbocycles. The molecule has 6 nitrogen and oxygen atoms in total. The number of aromatic amines is 1. The highest BCUT2D eigenvalue weighted by molar-refractivity contribution is 7.99. The van der Waals surface area contributed by atoms with Gasteiger partial charge < -0.3 is 5.32 Å². The molecule has 2 heterocycles. The lowest BCUT2D eigenvalue weighted by Gasteiger charge is -2.10. The molecule has 3 rings (SSSR count). The van der Waals surface area contributed by atoms with Crippen LogP contribution in [0.4, 0.5) is 11.5 Å². The van der Waals surface area contributed by atoms with Gasteiger partial charge in [0.25, 0.3) is 5.82 Å². The number of aryl methyl sites for hydroxylation is 1. The second-order valence-corrected chi connectivity index (χ2v) is 7.78. The van der Waals surface area contributed by atoms with Crippen LogP contribution in [-0.2, 0) is 4.79 Å². The van der Waals surface area contributed by atoms with Crippen LogP contribution in [0, 0.1) is 29.6 Å². The number of benzene rings is 1. The number of para-hydroxylation sites is 1. The SMILES string of the molecule is Cc1ccccc1NC(=O)CSc1[nH+]c(N)c(C#N)c(-c2cccs2)c1C#N. The second kappa shape index (κ2) is 8.57. The zero-order valence-corrected chi connectivity index (χ0v) is 16.6. The van der Waals surface area contributed by atoms with Crippen molar-refractivity contribution in [2.24, 2.45) is 0 Å². The molecule has 0 saturated carbocycles. The molecule has 0 spiro atoms. The first-order chi connectivity index (χ1) is 13.5. The maximum atomic E-state index is 12.3. The van der Waals surface area contributed by atoms with Crippen molar-refractivity contribution in [3.63, 3.8) is 0 Å². The van der Waals surface area contributed by atoms with Gasteiger partial charge in [0.1, 0.15) is 17.7 Å². The molecule has 0 atom stereocenters. The Morgan fingerprint density at radius 2 is 1.96 bits per heavy atom. The Hall–Kier alpha value is -3.33. The molecule has 0 aliphatic carbocycles. The lowest BCUT2D eigenvalue weighted by atomic mass is 10.0. The van der Waals surface area contributed by atoms with E-state index in [1.54, 1.807) is 0 Å². The predicted octanol–water partition coefficient (Wildman–Crippen LogP) is 3.59. The molecular formula is C20H16N5OS2+. The number of thiophene rings is 1. The highest BCUT2D eigenvalue weighted by Gasteiger charge is 2.24. The molecule has 0 aliphatic heterocycles. The molecule has 8 heteroatoms. The number of carbonyl (C=O) groups is 1. The summed E-state index contributed by atoms with van der Waals surface area (Å²) in [5.74, 6) is 0.0678. The first-order valence-corrected chi connectivity index (χ1v) is 10.1. The highest BCUT2D eigenvalue weighted by atomic mass is 32.2. The van der Waals surface area contributed by atoms with Crippen molar-refractivity contribution in [3.05, 3.63) is 58.5 Å². The van der Waals surface area contributed by atoms with E-state index in [0.717, 1.165) is 16.1 Å². The van der Waals surface area contributed by atoms with Crippen molar-refractivity contribution >= 4 is 40.5 Å². The van der Waals surface area contributed by atoms with Crippen LogP contribution in [0.3, 0.4) is 0 Å². The number of nitrogen functional groups attached to an aromatic ring is 1. The fourth-order valence-electron chi connectivity index (χ4n) is 2.66. The largest absolute Gasteiger partial charge is 0.325 e. The lowest BCUT2D eigenvalue weighted by Crippen LogP contribution is -2.21. The number of nitriles is 2. The normalized spacial score (nSPS) is 10.1. The molecule has 138 valence electrons. The fourth-order valence-corrected chi connectivity index (χ4v) is 4.26. The quantitative estimate of drug-likeness (QED) is 0.628. The molecule has 28 heavy (non-hydrogen) atoms. The Bertz CT molecular complexity index is 1110. The van der Waals surface area contributed by atoms with Crippen molar-refractivity contribution < 1.29 is 9.78 Å². The van der Waals surface area contributed by atoms with Gasteiger partial charge >= 0.3 is 0 Å². The molecule has 4 N–H and O–H groups in total. The smallest absolute Gasteiger partial charge is 0.289 e. The number of pyridine rings is 1. The summed E-state index contributed by atoms with van der Waals surface area (Å²) < 4.78 is 0. The van der Waals surface area contributed by atoms with E-state index in [-0.39, 0.29) is 23.0 Å². The summed E-state index contributed by atoms with van der Waals surface area (Å²) in [5, 5.41) is 24.4. The number of anilines is 2. The zero-order valence-electron chi connectivity index (χ0n) is 14.9. The van der Waals surface area contributed by atoms with Crippen molar-refractivity contribution in [1.82, 2.24) is 0 Å². The standard InChI is InChI=1S/C20H15N5OS2/c1-12-5-2-3-6-15(12)24-17(26)11-28-20-14(10-22)18(16-7-4-8-27-16)13(9-21)19(23)25-20/h2-8H,11H2,1H3,(H2,23,25)(H,24,26)/p+1. The number of hydrogen-bond acceptors (Lipinski definition) is 6. The van der Waals surface area contributed by atoms with Crippen LogP contribution in [0.2, 0.25) is 0 Å². The van der Waals surface area contributed by atoms with Gasteiger partial charge in [-0.25, -0.2) is 4.98 Å². The van der Waals surface area contributed by atoms with Crippen molar-refractivity contribution in [2.75, 3.05) is 16.8 Å². The Morgan fingerprint density at radius 3 is 2.61 bits per heavy atom. The van der Waals surface area contributed by atoms with E-state index in [1.165, 1.54) is 23.1 Å². The maximum Gasteiger partial charge on any atom is 0.289 e. The number of nitrogens with two attached hydrogens (primary N) is 1. The summed E-state index contributed by atoms with van der Waals surface area (Å²) in [4.78, 5) is 16.0. The maximum absolute atomic E-state index is 12.3. The van der Waals surface area contributed by atoms with Crippen LogP contribution < -0.4 is 16.0 Å². The Labute approximate surface area is 170 Å². The van der Waals surface area contributed by atoms with Gasteiger partial charge in [0.15, 0.2) is 10.6 Å². The molecule has 0 bridgehead atoms. The van der Waals surface area contributed by atoms with Crippen LogP contribution in [0.25, 0.3) is 10.4 Å². The van der Waals surface area contributed by atoms with E-state index in [4.69, 9.17) is 5.73 Å². The van der Waals surface area contributed by atoms with Crippen molar-refractivity contribution in [2.45, 2.75) is 11.9 Å². The lowest BCUT2D eigenvalue weighted by molar-refractivity contribution is -0.410. The van der Waals surface area contributed by atoms with Crippen LogP contribution in [-0.4, -0.2) is 11.7 Å². The summed E-state index contributed by atoms with van der Waals surface area (Å²) in [6.07, 6.45) is 0. The number of rotatable bonds is 5. The summed E-state index contributed by atoms with van der Waals surface area (Å²) >= 11 is 2.59. The van der Waals surface area contributed by atoms with E-state index in [1.807, 2.05) is 48.7 Å². The number of hydrogen-bond donors (Lipinski definition) is 2. The number of nitrogens with one attached hydrogen (secondary N) is 2. The number of aromatic nitrogens is 1. The number of nitrogens with zero attached hydrogens (tertiary/aromatic N) is 2. The number of H-pyrrole nitrogens is 1. The van der Waals surface area contributed by atoms with E-state index < -0.39 is 0 Å². The van der Waals surface area contributed by atoms with Gasteiger partial charge in [0, 0.05) is 16.1 Å². The van der Waals surface area contributed by atoms with Gasteiger partial charge in [-0.3, -0.25) is 10.5 Å². The minimum absolute atomic E-state index is 0.0920. The summed E-state index contributed by atoms with van der Waals surface area (Å²) in [6, 6.07) is 15.4. The van der Waals surface area contributed by atoms with Crippen LogP contribution >= 0.6 is 23.1 Å². The Morgan fingerprint density at radius 1 is 1.21 bits per heavy atom. The molecule has 0 unspecified atom stereocenters. The minimum atomic E-state index is -0.197. The van der Waals surface area contributed by atoms with E-state index in [9.17, 15) is 15.3 Å². The monoisotopic (exact) mass is 406 g/mol. The van der Waals surface area contributed by atoms with Gasteiger partial charge in [-0.2, -0.15) is 10.5 Å². The summed E-state index contributed by atoms with van der Waals surface area (Å²) in [6.45, 7) is 1.92. The molecule has 0 aliphatic rings. The minimum Gasteiger partial charge on any atom is -0.325 e. The Balaban J connectivity index is 1.89. The molecule has 2 aromatic heterocycles. The zero-order chi connectivity index (χ0) is 20.1. The topological polar surface area (TPSA) is 117 Å². The van der Waals surface area contributed by atoms with E-state index in [0.29, 0.717) is 16.2 Å². The van der Waals surface area contributed by atoms with Gasteiger partial charge in [-0.15, -0.1) is 11.3 Å². The third-order valence-corrected chi connectivity index (χ3v) is 5.89. The third-order valence-electron chi connectivity index (χ3n) is 4.00. The van der Waals surface area contributed by atoms with Crippen LogP contribution in [0.5, 0.6) is 0 Å². The van der Waals surface area contributed by atoms with Gasteiger partial charge in [-0.05, 0) is 30.0 Å². The van der Waals surface area contributed by atoms with Gasteiger partial charge in [0.2, 0.25) is 5.91 Å². The molecule has 3 aromatic rings. The van der Waals surface area contributed by atoms with E-state index in [2.05, 4.69) is 22.4 Å². The molecule has 0 fully saturated rings. The second-order valence-electron chi connectivity index (χ2n) is 5.85. The number of thioether (sulfide) groups is 1. The first kappa shape index (κ1) is 19.4. The molecule has 0 saturated heterocycles. The van der Waals surface area contributed by atoms with Crippen molar-refractivity contribution in [1.29, 1.82) is 10.5 Å². The molecule has 0 radical (unpaired) electrons. The third kappa shape index (κ3) is 3.99. The average Bonchev–Trinajstić information content (AvgIpc) is 3.22. The average molecular weight is 407 g/mol. The summed E-state index contributed by atoms with van der Waals surface area (Å²) in [7, 11) is 0. The molecule has 1 amide bonds.